The van der Waals surface area contributed by atoms with Crippen LogP contribution in [0.25, 0.3) is 0 Å². The van der Waals surface area contributed by atoms with Crippen LogP contribution in [0.15, 0.2) is 72.8 Å². The van der Waals surface area contributed by atoms with Gasteiger partial charge in [0.05, 0.1) is 26.6 Å². The number of rotatable bonds is 7. The first kappa shape index (κ1) is 23.0. The number of benzene rings is 3. The highest BCUT2D eigenvalue weighted by Gasteiger charge is 2.34. The van der Waals surface area contributed by atoms with Crippen LogP contribution in [0.3, 0.4) is 0 Å². The van der Waals surface area contributed by atoms with Crippen LogP contribution in [0.5, 0.6) is 11.5 Å². The van der Waals surface area contributed by atoms with Gasteiger partial charge in [0, 0.05) is 23.7 Å². The van der Waals surface area contributed by atoms with Gasteiger partial charge in [-0.25, -0.2) is 0 Å². The molecular formula is C29H30N2O4. The number of hydrogen-bond acceptors (Lipinski definition) is 4. The largest absolute Gasteiger partial charge is 0.497 e. The maximum atomic E-state index is 13.1. The van der Waals surface area contributed by atoms with Gasteiger partial charge in [0.25, 0.3) is 0 Å². The molecule has 3 aromatic carbocycles. The Morgan fingerprint density at radius 1 is 1.00 bits per heavy atom. The van der Waals surface area contributed by atoms with Crippen molar-refractivity contribution >= 4 is 17.5 Å². The molecular weight excluding hydrogens is 440 g/mol. The minimum Gasteiger partial charge on any atom is -0.497 e. The van der Waals surface area contributed by atoms with Crippen LogP contribution in [-0.4, -0.2) is 37.0 Å². The van der Waals surface area contributed by atoms with E-state index < -0.39 is 0 Å². The zero-order valence-corrected chi connectivity index (χ0v) is 20.0. The highest BCUT2D eigenvalue weighted by atomic mass is 16.5. The van der Waals surface area contributed by atoms with Crippen LogP contribution >= 0.6 is 0 Å². The zero-order chi connectivity index (χ0) is 24.2. The SMILES string of the molecule is COc1cccc(CC(=O)N2CCOc3ccc(CN(C(=O)C4CC4)c4ccccc4)cc3C2)c1. The van der Waals surface area contributed by atoms with E-state index in [-0.39, 0.29) is 17.7 Å². The van der Waals surface area contributed by atoms with Gasteiger partial charge in [-0.1, -0.05) is 36.4 Å². The number of hydrogen-bond donors (Lipinski definition) is 0. The van der Waals surface area contributed by atoms with Crippen molar-refractivity contribution in [3.8, 4) is 11.5 Å². The maximum absolute atomic E-state index is 13.1. The van der Waals surface area contributed by atoms with Crippen molar-refractivity contribution in [3.05, 3.63) is 89.5 Å². The number of para-hydroxylation sites is 1. The Bertz CT molecular complexity index is 1210. The summed E-state index contributed by atoms with van der Waals surface area (Å²) < 4.78 is 11.2. The molecule has 5 rings (SSSR count). The molecule has 2 aliphatic rings. The monoisotopic (exact) mass is 470 g/mol. The van der Waals surface area contributed by atoms with E-state index in [4.69, 9.17) is 9.47 Å². The second-order valence-corrected chi connectivity index (χ2v) is 9.17. The molecule has 1 fully saturated rings. The van der Waals surface area contributed by atoms with Crippen molar-refractivity contribution in [2.24, 2.45) is 5.92 Å². The van der Waals surface area contributed by atoms with Gasteiger partial charge in [0.1, 0.15) is 18.1 Å². The molecule has 1 saturated carbocycles. The topological polar surface area (TPSA) is 59.1 Å². The van der Waals surface area contributed by atoms with Crippen LogP contribution < -0.4 is 14.4 Å². The number of carbonyl (C=O) groups excluding carboxylic acids is 2. The van der Waals surface area contributed by atoms with Crippen LogP contribution in [0, 0.1) is 5.92 Å². The minimum absolute atomic E-state index is 0.0509. The van der Waals surface area contributed by atoms with Gasteiger partial charge in [-0.3, -0.25) is 9.59 Å². The van der Waals surface area contributed by atoms with E-state index in [1.807, 2.05) is 76.5 Å². The lowest BCUT2D eigenvalue weighted by molar-refractivity contribution is -0.131. The van der Waals surface area contributed by atoms with Gasteiger partial charge in [-0.05, 0) is 60.4 Å². The lowest BCUT2D eigenvalue weighted by atomic mass is 10.1. The molecule has 0 N–H and O–H groups in total. The first-order chi connectivity index (χ1) is 17.1. The molecule has 1 aliphatic carbocycles. The van der Waals surface area contributed by atoms with E-state index in [9.17, 15) is 9.59 Å². The summed E-state index contributed by atoms with van der Waals surface area (Å²) in [6.45, 7) is 1.95. The lowest BCUT2D eigenvalue weighted by Gasteiger charge is -2.24. The fraction of sp³-hybridized carbons (Fsp3) is 0.310. The molecule has 35 heavy (non-hydrogen) atoms. The molecule has 0 radical (unpaired) electrons. The van der Waals surface area contributed by atoms with E-state index >= 15 is 0 Å². The minimum atomic E-state index is 0.0509. The number of methoxy groups -OCH3 is 1. The second kappa shape index (κ2) is 10.2. The van der Waals surface area contributed by atoms with Crippen LogP contribution in [0.1, 0.15) is 29.5 Å². The van der Waals surface area contributed by atoms with Crippen molar-refractivity contribution < 1.29 is 19.1 Å². The summed E-state index contributed by atoms with van der Waals surface area (Å²) in [5, 5.41) is 0. The third-order valence-electron chi connectivity index (χ3n) is 6.55. The summed E-state index contributed by atoms with van der Waals surface area (Å²) in [6.07, 6.45) is 2.24. The van der Waals surface area contributed by atoms with E-state index in [2.05, 4.69) is 6.07 Å². The Morgan fingerprint density at radius 3 is 2.60 bits per heavy atom. The fourth-order valence-corrected chi connectivity index (χ4v) is 4.47. The highest BCUT2D eigenvalue weighted by molar-refractivity contribution is 5.96. The zero-order valence-electron chi connectivity index (χ0n) is 20.0. The normalized spacial score (nSPS) is 14.9. The Kier molecular flexibility index (Phi) is 6.70. The van der Waals surface area contributed by atoms with Crippen molar-refractivity contribution in [1.29, 1.82) is 0 Å². The average Bonchev–Trinajstić information content (AvgIpc) is 3.74. The Morgan fingerprint density at radius 2 is 1.83 bits per heavy atom. The molecule has 1 heterocycles. The molecule has 0 aromatic heterocycles. The number of amides is 2. The molecule has 2 amide bonds. The number of nitrogens with zero attached hydrogens (tertiary/aromatic N) is 2. The van der Waals surface area contributed by atoms with Gasteiger partial charge in [0.15, 0.2) is 0 Å². The Hall–Kier alpha value is -3.80. The van der Waals surface area contributed by atoms with Gasteiger partial charge in [0.2, 0.25) is 11.8 Å². The summed E-state index contributed by atoms with van der Waals surface area (Å²) in [5.74, 6) is 1.90. The lowest BCUT2D eigenvalue weighted by Crippen LogP contribution is -2.33. The predicted octanol–water partition coefficient (Wildman–Crippen LogP) is 4.60. The van der Waals surface area contributed by atoms with Gasteiger partial charge in [-0.2, -0.15) is 0 Å². The van der Waals surface area contributed by atoms with E-state index in [1.165, 1.54) is 0 Å². The molecule has 0 spiro atoms. The maximum Gasteiger partial charge on any atom is 0.230 e. The van der Waals surface area contributed by atoms with Crippen molar-refractivity contribution in [3.63, 3.8) is 0 Å². The van der Waals surface area contributed by atoms with Crippen molar-refractivity contribution in [2.75, 3.05) is 25.2 Å². The van der Waals surface area contributed by atoms with Gasteiger partial charge < -0.3 is 19.3 Å². The highest BCUT2D eigenvalue weighted by Crippen LogP contribution is 2.34. The summed E-state index contributed by atoms with van der Waals surface area (Å²) >= 11 is 0. The van der Waals surface area contributed by atoms with Crippen molar-refractivity contribution in [1.82, 2.24) is 4.90 Å². The van der Waals surface area contributed by atoms with Crippen LogP contribution in [-0.2, 0) is 29.1 Å². The first-order valence-electron chi connectivity index (χ1n) is 12.1. The Balaban J connectivity index is 1.33. The quantitative estimate of drug-likeness (QED) is 0.506. The summed E-state index contributed by atoms with van der Waals surface area (Å²) in [6, 6.07) is 23.5. The molecule has 0 unspecified atom stereocenters. The van der Waals surface area contributed by atoms with Crippen LogP contribution in [0.4, 0.5) is 5.69 Å². The van der Waals surface area contributed by atoms with E-state index in [0.717, 1.165) is 46.7 Å². The molecule has 6 nitrogen and oxygen atoms in total. The van der Waals surface area contributed by atoms with E-state index in [0.29, 0.717) is 32.7 Å². The molecule has 1 aliphatic heterocycles. The molecule has 0 atom stereocenters. The molecule has 3 aromatic rings. The summed E-state index contributed by atoms with van der Waals surface area (Å²) in [5.41, 5.74) is 3.81. The number of fused-ring (bicyclic) bond motifs is 1. The molecule has 0 bridgehead atoms. The smallest absolute Gasteiger partial charge is 0.230 e. The second-order valence-electron chi connectivity index (χ2n) is 9.17. The van der Waals surface area contributed by atoms with Crippen LogP contribution in [0.2, 0.25) is 0 Å². The summed E-state index contributed by atoms with van der Waals surface area (Å²) in [7, 11) is 1.62. The predicted molar refractivity (Wildman–Crippen MR) is 134 cm³/mol. The fourth-order valence-electron chi connectivity index (χ4n) is 4.47. The van der Waals surface area contributed by atoms with Gasteiger partial charge in [-0.15, -0.1) is 0 Å². The number of carbonyl (C=O) groups is 2. The Labute approximate surface area is 206 Å². The third kappa shape index (κ3) is 5.48. The first-order valence-corrected chi connectivity index (χ1v) is 12.1. The standard InChI is InChI=1S/C29H30N2O4/c1-34-26-9-5-6-21(17-26)18-28(32)30-14-15-35-27-13-10-22(16-24(27)20-30)19-31(29(33)23-11-12-23)25-7-3-2-4-8-25/h2-10,13,16-17,23H,11-12,14-15,18-20H2,1H3. The number of ether oxygens (including phenoxy) is 2. The molecule has 180 valence electrons. The molecule has 0 saturated heterocycles. The third-order valence-corrected chi connectivity index (χ3v) is 6.55. The molecule has 6 heteroatoms. The number of anilines is 1. The average molecular weight is 471 g/mol. The summed E-state index contributed by atoms with van der Waals surface area (Å²) in [4.78, 5) is 29.9. The van der Waals surface area contributed by atoms with Crippen molar-refractivity contribution in [2.45, 2.75) is 32.4 Å². The van der Waals surface area contributed by atoms with Gasteiger partial charge >= 0.3 is 0 Å². The van der Waals surface area contributed by atoms with E-state index in [1.54, 1.807) is 7.11 Å².